The van der Waals surface area contributed by atoms with Crippen molar-refractivity contribution in [1.29, 1.82) is 0 Å². The molecule has 0 heterocycles. The highest BCUT2D eigenvalue weighted by Gasteiger charge is 2.35. The number of hydrogen-bond donors (Lipinski definition) is 0. The predicted octanol–water partition coefficient (Wildman–Crippen LogP) is 5.46. The summed E-state index contributed by atoms with van der Waals surface area (Å²) in [5, 5.41) is 3.04. The Hall–Kier alpha value is -1.91. The number of benzene rings is 3. The van der Waals surface area contributed by atoms with Gasteiger partial charge >= 0.3 is 0 Å². The van der Waals surface area contributed by atoms with Gasteiger partial charge in [-0.2, -0.15) is 0 Å². The van der Waals surface area contributed by atoms with Crippen molar-refractivity contribution in [2.75, 3.05) is 0 Å². The van der Waals surface area contributed by atoms with Crippen molar-refractivity contribution in [1.82, 2.24) is 0 Å². The van der Waals surface area contributed by atoms with Gasteiger partial charge in [0.2, 0.25) is 0 Å². The molecular weight excluding hydrogens is 307 g/mol. The first-order valence-electron chi connectivity index (χ1n) is 8.88. The minimum absolute atomic E-state index is 0.315. The zero-order chi connectivity index (χ0) is 16.2. The molecule has 1 aliphatic carbocycles. The molecule has 0 aliphatic heterocycles. The van der Waals surface area contributed by atoms with E-state index in [1.807, 2.05) is 0 Å². The lowest BCUT2D eigenvalue weighted by atomic mass is 9.98. The average Bonchev–Trinajstić information content (AvgIpc) is 3.14. The van der Waals surface area contributed by atoms with Crippen molar-refractivity contribution in [2.45, 2.75) is 30.8 Å². The van der Waals surface area contributed by atoms with Crippen LogP contribution in [0.1, 0.15) is 30.7 Å². The van der Waals surface area contributed by atoms with E-state index in [-0.39, 0.29) is 7.92 Å². The second-order valence-electron chi connectivity index (χ2n) is 6.56. The third-order valence-corrected chi connectivity index (χ3v) is 8.10. The number of hydrogen-bond acceptors (Lipinski definition) is 0. The Kier molecular flexibility index (Phi) is 4.76. The lowest BCUT2D eigenvalue weighted by Crippen LogP contribution is -2.23. The molecule has 120 valence electrons. The quantitative estimate of drug-likeness (QED) is 0.558. The van der Waals surface area contributed by atoms with Crippen molar-refractivity contribution in [3.8, 4) is 0 Å². The Bertz CT molecular complexity index is 712. The summed E-state index contributed by atoms with van der Waals surface area (Å²) >= 11 is 0. The second-order valence-corrected chi connectivity index (χ2v) is 8.99. The van der Waals surface area contributed by atoms with Crippen LogP contribution in [0.3, 0.4) is 0 Å². The molecule has 24 heavy (non-hydrogen) atoms. The van der Waals surface area contributed by atoms with E-state index in [9.17, 15) is 0 Å². The lowest BCUT2D eigenvalue weighted by molar-refractivity contribution is 0.732. The maximum atomic E-state index is 2.33. The first-order chi connectivity index (χ1) is 11.9. The van der Waals surface area contributed by atoms with Crippen LogP contribution in [0.15, 0.2) is 91.0 Å². The summed E-state index contributed by atoms with van der Waals surface area (Å²) in [6.07, 6.45) is 4.02. The van der Waals surface area contributed by atoms with Gasteiger partial charge in [-0.05, 0) is 48.5 Å². The predicted molar refractivity (Wildman–Crippen MR) is 106 cm³/mol. The zero-order valence-electron chi connectivity index (χ0n) is 13.9. The summed E-state index contributed by atoms with van der Waals surface area (Å²) in [6.45, 7) is 0. The molecule has 4 rings (SSSR count). The van der Waals surface area contributed by atoms with Crippen LogP contribution in [0, 0.1) is 0 Å². The largest absolute Gasteiger partial charge is 0.0622 e. The van der Waals surface area contributed by atoms with Gasteiger partial charge < -0.3 is 0 Å². The summed E-state index contributed by atoms with van der Waals surface area (Å²) in [5.41, 5.74) is 2.27. The molecule has 3 aromatic rings. The molecule has 1 unspecified atom stereocenters. The Morgan fingerprint density at radius 3 is 1.62 bits per heavy atom. The molecule has 2 atom stereocenters. The van der Waals surface area contributed by atoms with E-state index in [0.717, 1.165) is 5.66 Å². The van der Waals surface area contributed by atoms with E-state index in [1.54, 1.807) is 0 Å². The van der Waals surface area contributed by atoms with Crippen LogP contribution in [-0.4, -0.2) is 5.66 Å². The molecular formula is C23H23P. The summed E-state index contributed by atoms with van der Waals surface area (Å²) in [5.74, 6) is 0.692. The summed E-state index contributed by atoms with van der Waals surface area (Å²) < 4.78 is 0. The van der Waals surface area contributed by atoms with Gasteiger partial charge in [-0.15, -0.1) is 0 Å². The minimum atomic E-state index is -0.315. The van der Waals surface area contributed by atoms with E-state index in [2.05, 4.69) is 91.0 Å². The fraction of sp³-hybridized carbons (Fsp3) is 0.217. The average molecular weight is 330 g/mol. The zero-order valence-corrected chi connectivity index (χ0v) is 14.8. The van der Waals surface area contributed by atoms with E-state index in [4.69, 9.17) is 0 Å². The Morgan fingerprint density at radius 1 is 0.583 bits per heavy atom. The molecule has 1 aliphatic rings. The molecule has 0 spiro atoms. The third-order valence-electron chi connectivity index (χ3n) is 5.11. The van der Waals surface area contributed by atoms with Gasteiger partial charge in [0.25, 0.3) is 0 Å². The molecule has 0 N–H and O–H groups in total. The van der Waals surface area contributed by atoms with E-state index in [0.29, 0.717) is 5.92 Å². The molecule has 1 fully saturated rings. The van der Waals surface area contributed by atoms with E-state index >= 15 is 0 Å². The van der Waals surface area contributed by atoms with Gasteiger partial charge in [-0.3, -0.25) is 0 Å². The molecule has 3 aromatic carbocycles. The third kappa shape index (κ3) is 3.17. The van der Waals surface area contributed by atoms with Crippen molar-refractivity contribution >= 4 is 18.5 Å². The molecule has 0 saturated heterocycles. The SMILES string of the molecule is c1ccc(C2CCC[C@H]2P(c2ccccc2)c2ccccc2)cc1. The van der Waals surface area contributed by atoms with Crippen LogP contribution in [-0.2, 0) is 0 Å². The Labute approximate surface area is 146 Å². The van der Waals surface area contributed by atoms with Crippen LogP contribution >= 0.6 is 7.92 Å². The monoisotopic (exact) mass is 330 g/mol. The highest BCUT2D eigenvalue weighted by molar-refractivity contribution is 7.73. The van der Waals surface area contributed by atoms with Gasteiger partial charge in [0.05, 0.1) is 0 Å². The first kappa shape index (κ1) is 15.6. The van der Waals surface area contributed by atoms with Crippen molar-refractivity contribution in [3.05, 3.63) is 96.6 Å². The highest BCUT2D eigenvalue weighted by atomic mass is 31.1. The molecule has 0 bridgehead atoms. The summed E-state index contributed by atoms with van der Waals surface area (Å²) in [4.78, 5) is 0. The molecule has 1 saturated carbocycles. The van der Waals surface area contributed by atoms with E-state index in [1.165, 1.54) is 35.4 Å². The summed E-state index contributed by atoms with van der Waals surface area (Å²) in [6, 6.07) is 33.5. The lowest BCUT2D eigenvalue weighted by Gasteiger charge is -2.30. The van der Waals surface area contributed by atoms with Gasteiger partial charge in [-0.1, -0.05) is 97.4 Å². The van der Waals surface area contributed by atoms with Crippen LogP contribution < -0.4 is 10.6 Å². The summed E-state index contributed by atoms with van der Waals surface area (Å²) in [7, 11) is -0.315. The van der Waals surface area contributed by atoms with Gasteiger partial charge in [0.15, 0.2) is 0 Å². The maximum Gasteiger partial charge on any atom is -0.00600 e. The minimum Gasteiger partial charge on any atom is -0.0622 e. The number of rotatable bonds is 4. The van der Waals surface area contributed by atoms with Crippen LogP contribution in [0.2, 0.25) is 0 Å². The topological polar surface area (TPSA) is 0 Å². The molecule has 0 radical (unpaired) electrons. The van der Waals surface area contributed by atoms with Crippen LogP contribution in [0.4, 0.5) is 0 Å². The molecule has 0 nitrogen and oxygen atoms in total. The smallest absolute Gasteiger partial charge is 0.00600 e. The maximum absolute atomic E-state index is 2.33. The molecule has 0 aromatic heterocycles. The van der Waals surface area contributed by atoms with Gasteiger partial charge in [0, 0.05) is 0 Å². The normalized spacial score (nSPS) is 20.4. The molecule has 0 amide bonds. The van der Waals surface area contributed by atoms with Gasteiger partial charge in [0.1, 0.15) is 0 Å². The Balaban J connectivity index is 1.76. The van der Waals surface area contributed by atoms with Crippen molar-refractivity contribution in [2.24, 2.45) is 0 Å². The Morgan fingerprint density at radius 2 is 1.08 bits per heavy atom. The fourth-order valence-corrected chi connectivity index (χ4v) is 7.22. The van der Waals surface area contributed by atoms with Gasteiger partial charge in [-0.25, -0.2) is 0 Å². The van der Waals surface area contributed by atoms with Crippen molar-refractivity contribution in [3.63, 3.8) is 0 Å². The second kappa shape index (κ2) is 7.32. The molecule has 1 heteroatoms. The first-order valence-corrected chi connectivity index (χ1v) is 10.3. The highest BCUT2D eigenvalue weighted by Crippen LogP contribution is 2.53. The standard InChI is InChI=1S/C23H23P/c1-4-11-19(12-5-1)22-17-10-18-23(22)24(20-13-6-2-7-14-20)21-15-8-3-9-16-21/h1-9,11-16,22-23H,10,17-18H2/t22?,23-/m1/s1. The van der Waals surface area contributed by atoms with E-state index < -0.39 is 0 Å². The van der Waals surface area contributed by atoms with Crippen LogP contribution in [0.5, 0.6) is 0 Å². The van der Waals surface area contributed by atoms with Crippen LogP contribution in [0.25, 0.3) is 0 Å². The fourth-order valence-electron chi connectivity index (χ4n) is 4.05. The van der Waals surface area contributed by atoms with Crippen molar-refractivity contribution < 1.29 is 0 Å².